The number of esters is 1. The Hall–Kier alpha value is -2.04. The fraction of sp³-hybridized carbons (Fsp3) is 0.600. The van der Waals surface area contributed by atoms with Gasteiger partial charge in [0.1, 0.15) is 11.2 Å². The van der Waals surface area contributed by atoms with Crippen LogP contribution in [-0.2, 0) is 4.74 Å². The Morgan fingerprint density at radius 2 is 2.24 bits per heavy atom. The van der Waals surface area contributed by atoms with Crippen molar-refractivity contribution >= 4 is 22.7 Å². The first-order chi connectivity index (χ1) is 11.9. The Balaban J connectivity index is 1.68. The molecule has 2 aromatic heterocycles. The Morgan fingerprint density at radius 1 is 1.44 bits per heavy atom. The predicted molar refractivity (Wildman–Crippen MR) is 98.6 cm³/mol. The van der Waals surface area contributed by atoms with Gasteiger partial charge in [-0.3, -0.25) is 0 Å². The van der Waals surface area contributed by atoms with E-state index in [-0.39, 0.29) is 5.97 Å². The molecule has 0 spiro atoms. The topological polar surface area (TPSA) is 67.0 Å². The number of carbonyl (C=O) groups is 1. The fourth-order valence-electron chi connectivity index (χ4n) is 5.05. The summed E-state index contributed by atoms with van der Waals surface area (Å²) in [6, 6.07) is 2.36. The second-order valence-electron chi connectivity index (χ2n) is 8.21. The van der Waals surface area contributed by atoms with Crippen LogP contribution in [0.2, 0.25) is 0 Å². The minimum Gasteiger partial charge on any atom is -0.462 e. The number of nitrogens with one attached hydrogen (secondary N) is 2. The van der Waals surface area contributed by atoms with Crippen LogP contribution in [0.5, 0.6) is 0 Å². The van der Waals surface area contributed by atoms with Crippen LogP contribution in [0.3, 0.4) is 0 Å². The van der Waals surface area contributed by atoms with Gasteiger partial charge in [0.15, 0.2) is 0 Å². The summed E-state index contributed by atoms with van der Waals surface area (Å²) < 4.78 is 5.24. The van der Waals surface area contributed by atoms with Crippen molar-refractivity contribution in [3.8, 4) is 0 Å². The summed E-state index contributed by atoms with van der Waals surface area (Å²) in [5.74, 6) is 1.78. The standard InChI is InChI=1S/C20H27N3O2/c1-5-25-19(24)14-10-22-18-13(6-7-21-18)17(14)23-16-9-12-8-15(11(16)2)20(12,3)4/h6-7,10-12,15-16H,5,8-9H2,1-4H3,(H2,21,22,23)/t11-,12+,15-,16-/m0/s1. The average Bonchev–Trinajstić information content (AvgIpc) is 3.05. The molecule has 25 heavy (non-hydrogen) atoms. The van der Waals surface area contributed by atoms with E-state index < -0.39 is 0 Å². The second-order valence-corrected chi connectivity index (χ2v) is 8.21. The number of hydrogen-bond acceptors (Lipinski definition) is 4. The van der Waals surface area contributed by atoms with Crippen molar-refractivity contribution in [1.29, 1.82) is 0 Å². The lowest BCUT2D eigenvalue weighted by Gasteiger charge is -2.62. The number of anilines is 1. The van der Waals surface area contributed by atoms with Crippen LogP contribution in [0.25, 0.3) is 11.0 Å². The first-order valence-electron chi connectivity index (χ1n) is 9.33. The van der Waals surface area contributed by atoms with Gasteiger partial charge in [0, 0.05) is 23.8 Å². The van der Waals surface area contributed by atoms with Gasteiger partial charge in [-0.25, -0.2) is 9.78 Å². The smallest absolute Gasteiger partial charge is 0.341 e. The van der Waals surface area contributed by atoms with E-state index in [1.165, 1.54) is 6.42 Å². The molecular formula is C20H27N3O2. The largest absolute Gasteiger partial charge is 0.462 e. The van der Waals surface area contributed by atoms with E-state index in [1.807, 2.05) is 19.2 Å². The number of carbonyl (C=O) groups excluding carboxylic acids is 1. The molecule has 0 radical (unpaired) electrons. The average molecular weight is 341 g/mol. The Labute approximate surface area is 148 Å². The van der Waals surface area contributed by atoms with Crippen LogP contribution in [0, 0.1) is 23.2 Å². The maximum atomic E-state index is 12.4. The summed E-state index contributed by atoms with van der Waals surface area (Å²) in [5.41, 5.74) is 2.63. The van der Waals surface area contributed by atoms with E-state index in [4.69, 9.17) is 4.74 Å². The number of hydrogen-bond donors (Lipinski definition) is 2. The van der Waals surface area contributed by atoms with E-state index in [0.29, 0.717) is 29.5 Å². The summed E-state index contributed by atoms with van der Waals surface area (Å²) in [5, 5.41) is 4.66. The number of aromatic amines is 1. The molecule has 0 saturated heterocycles. The van der Waals surface area contributed by atoms with Crippen molar-refractivity contribution in [3.05, 3.63) is 24.0 Å². The molecule has 3 saturated carbocycles. The molecule has 5 rings (SSSR count). The van der Waals surface area contributed by atoms with Gasteiger partial charge in [-0.15, -0.1) is 0 Å². The third-order valence-corrected chi connectivity index (χ3v) is 6.77. The molecule has 5 heteroatoms. The molecule has 3 aliphatic rings. The molecule has 2 N–H and O–H groups in total. The third kappa shape index (κ3) is 2.43. The number of aromatic nitrogens is 2. The number of rotatable bonds is 4. The molecule has 4 atom stereocenters. The molecule has 0 amide bonds. The molecule has 2 bridgehead atoms. The predicted octanol–water partition coefficient (Wildman–Crippen LogP) is 4.22. The van der Waals surface area contributed by atoms with Crippen LogP contribution in [-0.4, -0.2) is 28.6 Å². The third-order valence-electron chi connectivity index (χ3n) is 6.77. The SMILES string of the molecule is CCOC(=O)c1cnc2[nH]ccc2c1N[C@H]1C[C@H]2C[C@@H]([C@@H]1C)C2(C)C. The summed E-state index contributed by atoms with van der Waals surface area (Å²) in [6.07, 6.45) is 5.98. The zero-order valence-electron chi connectivity index (χ0n) is 15.4. The molecule has 134 valence electrons. The Bertz CT molecular complexity index is 810. The number of nitrogens with zero attached hydrogens (tertiary/aromatic N) is 1. The highest BCUT2D eigenvalue weighted by Crippen LogP contribution is 2.61. The van der Waals surface area contributed by atoms with Crippen LogP contribution in [0.4, 0.5) is 5.69 Å². The van der Waals surface area contributed by atoms with Crippen molar-refractivity contribution in [2.45, 2.75) is 46.6 Å². The molecule has 3 aliphatic carbocycles. The van der Waals surface area contributed by atoms with Gasteiger partial charge >= 0.3 is 5.97 Å². The maximum Gasteiger partial charge on any atom is 0.341 e. The fourth-order valence-corrected chi connectivity index (χ4v) is 5.05. The van der Waals surface area contributed by atoms with Crippen molar-refractivity contribution in [1.82, 2.24) is 9.97 Å². The first kappa shape index (κ1) is 16.4. The van der Waals surface area contributed by atoms with Crippen LogP contribution in [0.1, 0.15) is 50.9 Å². The van der Waals surface area contributed by atoms with Gasteiger partial charge in [0.05, 0.1) is 12.3 Å². The monoisotopic (exact) mass is 341 g/mol. The van der Waals surface area contributed by atoms with Crippen LogP contribution >= 0.6 is 0 Å². The quantitative estimate of drug-likeness (QED) is 0.817. The number of ether oxygens (including phenoxy) is 1. The lowest BCUT2D eigenvalue weighted by molar-refractivity contribution is -0.105. The molecule has 0 unspecified atom stereocenters. The van der Waals surface area contributed by atoms with E-state index in [2.05, 4.69) is 36.1 Å². The zero-order chi connectivity index (χ0) is 17.8. The maximum absolute atomic E-state index is 12.4. The van der Waals surface area contributed by atoms with Gasteiger partial charge in [-0.1, -0.05) is 20.8 Å². The normalized spacial score (nSPS) is 29.9. The summed E-state index contributed by atoms with van der Waals surface area (Å²) in [7, 11) is 0. The van der Waals surface area contributed by atoms with Gasteiger partial charge in [0.2, 0.25) is 0 Å². The Morgan fingerprint density at radius 3 is 2.92 bits per heavy atom. The van der Waals surface area contributed by atoms with E-state index in [9.17, 15) is 4.79 Å². The minimum atomic E-state index is -0.311. The highest BCUT2D eigenvalue weighted by atomic mass is 16.5. The van der Waals surface area contributed by atoms with Gasteiger partial charge in [-0.2, -0.15) is 0 Å². The second kappa shape index (κ2) is 5.75. The van der Waals surface area contributed by atoms with E-state index >= 15 is 0 Å². The van der Waals surface area contributed by atoms with Gasteiger partial charge in [-0.05, 0) is 49.0 Å². The van der Waals surface area contributed by atoms with Crippen molar-refractivity contribution in [3.63, 3.8) is 0 Å². The zero-order valence-corrected chi connectivity index (χ0v) is 15.4. The molecule has 0 aromatic carbocycles. The number of fused-ring (bicyclic) bond motifs is 3. The van der Waals surface area contributed by atoms with E-state index in [1.54, 1.807) is 6.20 Å². The van der Waals surface area contributed by atoms with Crippen molar-refractivity contribution in [2.75, 3.05) is 11.9 Å². The molecule has 2 heterocycles. The molecular weight excluding hydrogens is 314 g/mol. The molecule has 3 fully saturated rings. The van der Waals surface area contributed by atoms with Crippen LogP contribution < -0.4 is 5.32 Å². The molecule has 5 nitrogen and oxygen atoms in total. The summed E-state index contributed by atoms with van der Waals surface area (Å²) in [4.78, 5) is 19.9. The minimum absolute atomic E-state index is 0.311. The lowest BCUT2D eigenvalue weighted by atomic mass is 9.45. The van der Waals surface area contributed by atoms with Gasteiger partial charge < -0.3 is 15.0 Å². The number of pyridine rings is 1. The van der Waals surface area contributed by atoms with E-state index in [0.717, 1.165) is 35.0 Å². The van der Waals surface area contributed by atoms with Crippen molar-refractivity contribution in [2.24, 2.45) is 23.2 Å². The first-order valence-corrected chi connectivity index (χ1v) is 9.33. The lowest BCUT2D eigenvalue weighted by Crippen LogP contribution is -2.58. The summed E-state index contributed by atoms with van der Waals surface area (Å²) in [6.45, 7) is 9.34. The molecule has 2 aromatic rings. The summed E-state index contributed by atoms with van der Waals surface area (Å²) >= 11 is 0. The van der Waals surface area contributed by atoms with Crippen molar-refractivity contribution < 1.29 is 9.53 Å². The number of H-pyrrole nitrogens is 1. The molecule has 0 aliphatic heterocycles. The Kier molecular flexibility index (Phi) is 3.78. The van der Waals surface area contributed by atoms with Crippen LogP contribution in [0.15, 0.2) is 18.5 Å². The highest BCUT2D eigenvalue weighted by Gasteiger charge is 2.56. The van der Waals surface area contributed by atoms with Gasteiger partial charge in [0.25, 0.3) is 0 Å². The highest BCUT2D eigenvalue weighted by molar-refractivity contribution is 6.04.